The molecule has 1 heterocycles. The maximum atomic E-state index is 12.3. The third-order valence-electron chi connectivity index (χ3n) is 2.95. The highest BCUT2D eigenvalue weighted by Gasteiger charge is 2.28. The highest BCUT2D eigenvalue weighted by atomic mass is 16.5. The molecular weight excluding hydrogens is 218 g/mol. The summed E-state index contributed by atoms with van der Waals surface area (Å²) in [7, 11) is 3.25. The van der Waals surface area contributed by atoms with Crippen LogP contribution in [0.1, 0.15) is 24.2 Å². The highest BCUT2D eigenvalue weighted by molar-refractivity contribution is 5.97. The molecule has 17 heavy (non-hydrogen) atoms. The van der Waals surface area contributed by atoms with Crippen molar-refractivity contribution in [3.8, 4) is 5.75 Å². The predicted octanol–water partition coefficient (Wildman–Crippen LogP) is 0.899. The van der Waals surface area contributed by atoms with Gasteiger partial charge in [-0.05, 0) is 19.9 Å². The number of nitrogens with zero attached hydrogens (tertiary/aromatic N) is 2. The Kier molecular flexibility index (Phi) is 4.07. The first-order valence-electron chi connectivity index (χ1n) is 5.40. The van der Waals surface area contributed by atoms with Gasteiger partial charge < -0.3 is 15.4 Å². The van der Waals surface area contributed by atoms with Gasteiger partial charge in [0.2, 0.25) is 0 Å². The van der Waals surface area contributed by atoms with Crippen molar-refractivity contribution in [1.29, 1.82) is 0 Å². The van der Waals surface area contributed by atoms with Crippen LogP contribution in [0.2, 0.25) is 0 Å². The van der Waals surface area contributed by atoms with E-state index < -0.39 is 5.54 Å². The monoisotopic (exact) mass is 237 g/mol. The van der Waals surface area contributed by atoms with E-state index in [-0.39, 0.29) is 5.91 Å². The van der Waals surface area contributed by atoms with Crippen LogP contribution >= 0.6 is 0 Å². The normalized spacial score (nSPS) is 11.1. The number of carbonyl (C=O) groups is 1. The molecule has 0 unspecified atom stereocenters. The van der Waals surface area contributed by atoms with Crippen molar-refractivity contribution in [2.45, 2.75) is 19.4 Å². The van der Waals surface area contributed by atoms with Crippen molar-refractivity contribution in [2.75, 3.05) is 20.7 Å². The van der Waals surface area contributed by atoms with E-state index in [1.807, 2.05) is 13.8 Å². The molecule has 0 aliphatic carbocycles. The van der Waals surface area contributed by atoms with Crippen LogP contribution in [0.5, 0.6) is 5.75 Å². The van der Waals surface area contributed by atoms with Gasteiger partial charge in [-0.2, -0.15) is 0 Å². The zero-order valence-corrected chi connectivity index (χ0v) is 10.7. The molecule has 1 amide bonds. The summed E-state index contributed by atoms with van der Waals surface area (Å²) >= 11 is 0. The van der Waals surface area contributed by atoms with E-state index >= 15 is 0 Å². The van der Waals surface area contributed by atoms with Crippen molar-refractivity contribution in [2.24, 2.45) is 5.73 Å². The van der Waals surface area contributed by atoms with E-state index in [0.29, 0.717) is 17.9 Å². The zero-order valence-electron chi connectivity index (χ0n) is 10.7. The third-order valence-corrected chi connectivity index (χ3v) is 2.95. The van der Waals surface area contributed by atoms with E-state index in [2.05, 4.69) is 4.98 Å². The molecule has 94 valence electrons. The Hall–Kier alpha value is -1.62. The quantitative estimate of drug-likeness (QED) is 0.844. The fraction of sp³-hybridized carbons (Fsp3) is 0.500. The number of rotatable bonds is 4. The number of hydrogen-bond donors (Lipinski definition) is 1. The summed E-state index contributed by atoms with van der Waals surface area (Å²) in [5, 5.41) is 0. The molecule has 5 heteroatoms. The zero-order chi connectivity index (χ0) is 13.1. The number of amides is 1. The van der Waals surface area contributed by atoms with E-state index in [4.69, 9.17) is 10.5 Å². The lowest BCUT2D eigenvalue weighted by atomic mass is 10.0. The summed E-state index contributed by atoms with van der Waals surface area (Å²) in [6, 6.07) is 1.64. The molecule has 0 fully saturated rings. The predicted molar refractivity (Wildman–Crippen MR) is 66.0 cm³/mol. The SMILES string of the molecule is COc1cnccc1C(=O)N(C)C(C)(C)CN. The summed E-state index contributed by atoms with van der Waals surface area (Å²) < 4.78 is 5.12. The van der Waals surface area contributed by atoms with E-state index in [1.165, 1.54) is 13.3 Å². The molecule has 1 aromatic rings. The third kappa shape index (κ3) is 2.74. The van der Waals surface area contributed by atoms with Gasteiger partial charge in [0.25, 0.3) is 5.91 Å². The van der Waals surface area contributed by atoms with Crippen molar-refractivity contribution in [3.05, 3.63) is 24.0 Å². The topological polar surface area (TPSA) is 68.5 Å². The van der Waals surface area contributed by atoms with Crippen LogP contribution in [0.4, 0.5) is 0 Å². The van der Waals surface area contributed by atoms with Gasteiger partial charge in [0.15, 0.2) is 0 Å². The molecule has 0 radical (unpaired) electrons. The molecule has 5 nitrogen and oxygen atoms in total. The number of methoxy groups -OCH3 is 1. The lowest BCUT2D eigenvalue weighted by Crippen LogP contribution is -2.50. The number of hydrogen-bond acceptors (Lipinski definition) is 4. The van der Waals surface area contributed by atoms with Gasteiger partial charge in [0.05, 0.1) is 18.9 Å². The van der Waals surface area contributed by atoms with Gasteiger partial charge in [0.1, 0.15) is 5.75 Å². The minimum Gasteiger partial charge on any atom is -0.494 e. The molecular formula is C12H19N3O2. The Bertz CT molecular complexity index is 404. The first-order chi connectivity index (χ1) is 7.94. The molecule has 1 rings (SSSR count). The second-order valence-electron chi connectivity index (χ2n) is 4.46. The van der Waals surface area contributed by atoms with Gasteiger partial charge >= 0.3 is 0 Å². The Balaban J connectivity index is 3.04. The summed E-state index contributed by atoms with van der Waals surface area (Å²) in [5.74, 6) is 0.344. The second-order valence-corrected chi connectivity index (χ2v) is 4.46. The van der Waals surface area contributed by atoms with Crippen LogP contribution in [0, 0.1) is 0 Å². The molecule has 1 aromatic heterocycles. The van der Waals surface area contributed by atoms with Gasteiger partial charge in [-0.3, -0.25) is 9.78 Å². The summed E-state index contributed by atoms with van der Waals surface area (Å²) in [6.45, 7) is 4.22. The number of carbonyl (C=O) groups excluding carboxylic acids is 1. The second kappa shape index (κ2) is 5.14. The first kappa shape index (κ1) is 13.4. The van der Waals surface area contributed by atoms with Gasteiger partial charge in [-0.1, -0.05) is 0 Å². The Morgan fingerprint density at radius 1 is 1.59 bits per heavy atom. The molecule has 0 spiro atoms. The molecule has 0 bridgehead atoms. The number of pyridine rings is 1. The fourth-order valence-electron chi connectivity index (χ4n) is 1.31. The largest absolute Gasteiger partial charge is 0.494 e. The van der Waals surface area contributed by atoms with Crippen LogP contribution in [-0.2, 0) is 0 Å². The van der Waals surface area contributed by atoms with Crippen LogP contribution in [0.3, 0.4) is 0 Å². The number of aromatic nitrogens is 1. The van der Waals surface area contributed by atoms with Crippen LogP contribution in [0.15, 0.2) is 18.5 Å². The van der Waals surface area contributed by atoms with Gasteiger partial charge in [0, 0.05) is 25.3 Å². The molecule has 0 aromatic carbocycles. The van der Waals surface area contributed by atoms with Gasteiger partial charge in [-0.15, -0.1) is 0 Å². The Morgan fingerprint density at radius 2 is 2.24 bits per heavy atom. The van der Waals surface area contributed by atoms with Crippen molar-refractivity contribution < 1.29 is 9.53 Å². The lowest BCUT2D eigenvalue weighted by molar-refractivity contribution is 0.0636. The standard InChI is InChI=1S/C12H19N3O2/c1-12(2,8-13)15(3)11(16)9-5-6-14-7-10(9)17-4/h5-7H,8,13H2,1-4H3. The van der Waals surface area contributed by atoms with Crippen LogP contribution in [-0.4, -0.2) is 42.0 Å². The molecule has 2 N–H and O–H groups in total. The minimum atomic E-state index is -0.397. The lowest BCUT2D eigenvalue weighted by Gasteiger charge is -2.34. The highest BCUT2D eigenvalue weighted by Crippen LogP contribution is 2.21. The van der Waals surface area contributed by atoms with E-state index in [1.54, 1.807) is 24.2 Å². The average Bonchev–Trinajstić information content (AvgIpc) is 2.36. The Labute approximate surface area is 102 Å². The van der Waals surface area contributed by atoms with Crippen LogP contribution < -0.4 is 10.5 Å². The van der Waals surface area contributed by atoms with Crippen molar-refractivity contribution in [3.63, 3.8) is 0 Å². The molecule has 0 saturated heterocycles. The average molecular weight is 237 g/mol. The van der Waals surface area contributed by atoms with Crippen molar-refractivity contribution in [1.82, 2.24) is 9.88 Å². The smallest absolute Gasteiger partial charge is 0.257 e. The molecule has 0 aliphatic heterocycles. The summed E-state index contributed by atoms with van der Waals surface area (Å²) in [6.07, 6.45) is 3.09. The Morgan fingerprint density at radius 3 is 2.76 bits per heavy atom. The number of likely N-dealkylation sites (N-methyl/N-ethyl adjacent to an activating group) is 1. The molecule has 0 atom stereocenters. The molecule has 0 aliphatic rings. The summed E-state index contributed by atoms with van der Waals surface area (Å²) in [4.78, 5) is 17.8. The summed E-state index contributed by atoms with van der Waals surface area (Å²) in [5.41, 5.74) is 5.75. The maximum absolute atomic E-state index is 12.3. The molecule has 0 saturated carbocycles. The van der Waals surface area contributed by atoms with E-state index in [0.717, 1.165) is 0 Å². The maximum Gasteiger partial charge on any atom is 0.257 e. The number of ether oxygens (including phenoxy) is 1. The van der Waals surface area contributed by atoms with Crippen LogP contribution in [0.25, 0.3) is 0 Å². The minimum absolute atomic E-state index is 0.125. The van der Waals surface area contributed by atoms with E-state index in [9.17, 15) is 4.79 Å². The van der Waals surface area contributed by atoms with Crippen molar-refractivity contribution >= 4 is 5.91 Å². The number of nitrogens with two attached hydrogens (primary N) is 1. The van der Waals surface area contributed by atoms with Gasteiger partial charge in [-0.25, -0.2) is 0 Å². The fourth-order valence-corrected chi connectivity index (χ4v) is 1.31. The first-order valence-corrected chi connectivity index (χ1v) is 5.40.